The van der Waals surface area contributed by atoms with Gasteiger partial charge in [0.2, 0.25) is 5.76 Å². The SMILES string of the molecule is COc1ccc(N2C(=O)c3oc4ccc(F)cc4c(=O)c3C2c2ccc(Br)cc2)cc1. The minimum atomic E-state index is -0.715. The van der Waals surface area contributed by atoms with E-state index in [1.807, 2.05) is 24.3 Å². The largest absolute Gasteiger partial charge is 0.497 e. The Morgan fingerprint density at radius 2 is 1.71 bits per heavy atom. The van der Waals surface area contributed by atoms with Crippen molar-refractivity contribution in [2.24, 2.45) is 0 Å². The molecule has 1 aliphatic heterocycles. The fraction of sp³-hybridized carbons (Fsp3) is 0.0833. The third kappa shape index (κ3) is 3.13. The minimum Gasteiger partial charge on any atom is -0.497 e. The molecule has 31 heavy (non-hydrogen) atoms. The van der Waals surface area contributed by atoms with Crippen LogP contribution in [0.25, 0.3) is 11.0 Å². The van der Waals surface area contributed by atoms with Crippen LogP contribution in [0.1, 0.15) is 27.7 Å². The lowest BCUT2D eigenvalue weighted by molar-refractivity contribution is 0.0971. The molecule has 0 bridgehead atoms. The zero-order valence-electron chi connectivity index (χ0n) is 16.3. The first-order chi connectivity index (χ1) is 15.0. The van der Waals surface area contributed by atoms with Gasteiger partial charge in [0.05, 0.1) is 24.1 Å². The number of hydrogen-bond donors (Lipinski definition) is 0. The Kier molecular flexibility index (Phi) is 4.63. The average Bonchev–Trinajstić information content (AvgIpc) is 3.07. The van der Waals surface area contributed by atoms with Gasteiger partial charge in [-0.1, -0.05) is 28.1 Å². The third-order valence-electron chi connectivity index (χ3n) is 5.37. The molecular weight excluding hydrogens is 465 g/mol. The normalized spacial score (nSPS) is 15.4. The molecule has 1 unspecified atom stereocenters. The van der Waals surface area contributed by atoms with E-state index in [4.69, 9.17) is 9.15 Å². The Morgan fingerprint density at radius 1 is 1.00 bits per heavy atom. The van der Waals surface area contributed by atoms with Gasteiger partial charge in [-0.3, -0.25) is 14.5 Å². The van der Waals surface area contributed by atoms with Crippen LogP contribution in [0.15, 0.2) is 80.4 Å². The van der Waals surface area contributed by atoms with Crippen LogP contribution in [0.5, 0.6) is 5.75 Å². The lowest BCUT2D eigenvalue weighted by atomic mass is 9.98. The number of methoxy groups -OCH3 is 1. The molecule has 0 saturated heterocycles. The maximum Gasteiger partial charge on any atom is 0.295 e. The molecule has 1 atom stereocenters. The van der Waals surface area contributed by atoms with Crippen molar-refractivity contribution in [3.05, 3.63) is 104 Å². The zero-order valence-corrected chi connectivity index (χ0v) is 17.9. The van der Waals surface area contributed by atoms with Crippen LogP contribution < -0.4 is 15.1 Å². The molecular formula is C24H15BrFNO4. The monoisotopic (exact) mass is 479 g/mol. The molecule has 154 valence electrons. The molecule has 0 fully saturated rings. The Bertz CT molecular complexity index is 1380. The van der Waals surface area contributed by atoms with Crippen LogP contribution in [0.2, 0.25) is 0 Å². The Labute approximate surface area is 184 Å². The summed E-state index contributed by atoms with van der Waals surface area (Å²) in [5.41, 5.74) is 1.26. The number of benzene rings is 3. The fourth-order valence-electron chi connectivity index (χ4n) is 3.91. The van der Waals surface area contributed by atoms with E-state index >= 15 is 0 Å². The standard InChI is InChI=1S/C24H15BrFNO4/c1-30-17-9-7-16(8-10-17)27-21(13-2-4-14(25)5-3-13)20-22(28)18-12-15(26)6-11-19(18)31-23(20)24(27)29/h2-12,21H,1H3. The lowest BCUT2D eigenvalue weighted by Gasteiger charge is -2.25. The van der Waals surface area contributed by atoms with E-state index in [0.29, 0.717) is 11.4 Å². The minimum absolute atomic E-state index is 0.0344. The van der Waals surface area contributed by atoms with E-state index in [1.54, 1.807) is 31.4 Å². The fourth-order valence-corrected chi connectivity index (χ4v) is 4.18. The number of anilines is 1. The van der Waals surface area contributed by atoms with Crippen molar-refractivity contribution in [2.75, 3.05) is 12.0 Å². The molecule has 0 saturated carbocycles. The van der Waals surface area contributed by atoms with E-state index < -0.39 is 23.2 Å². The predicted octanol–water partition coefficient (Wildman–Crippen LogP) is 5.45. The average molecular weight is 480 g/mol. The number of fused-ring (bicyclic) bond motifs is 2. The van der Waals surface area contributed by atoms with Gasteiger partial charge >= 0.3 is 0 Å². The molecule has 2 heterocycles. The lowest BCUT2D eigenvalue weighted by Crippen LogP contribution is -2.29. The maximum absolute atomic E-state index is 13.8. The summed E-state index contributed by atoms with van der Waals surface area (Å²) in [4.78, 5) is 28.4. The van der Waals surface area contributed by atoms with Gasteiger partial charge in [-0.05, 0) is 60.2 Å². The molecule has 0 N–H and O–H groups in total. The summed E-state index contributed by atoms with van der Waals surface area (Å²) in [6.45, 7) is 0. The molecule has 5 nitrogen and oxygen atoms in total. The number of nitrogens with zero attached hydrogens (tertiary/aromatic N) is 1. The highest BCUT2D eigenvalue weighted by Crippen LogP contribution is 2.41. The van der Waals surface area contributed by atoms with Gasteiger partial charge in [0, 0.05) is 10.2 Å². The molecule has 4 aromatic rings. The number of hydrogen-bond acceptors (Lipinski definition) is 4. The Hall–Kier alpha value is -3.45. The second-order valence-electron chi connectivity index (χ2n) is 7.14. The molecule has 1 amide bonds. The van der Waals surface area contributed by atoms with Crippen molar-refractivity contribution in [2.45, 2.75) is 6.04 Å². The van der Waals surface area contributed by atoms with Gasteiger partial charge in [-0.2, -0.15) is 0 Å². The summed E-state index contributed by atoms with van der Waals surface area (Å²) >= 11 is 3.41. The summed E-state index contributed by atoms with van der Waals surface area (Å²) in [7, 11) is 1.56. The molecule has 1 aliphatic rings. The Balaban J connectivity index is 1.78. The van der Waals surface area contributed by atoms with Gasteiger partial charge < -0.3 is 9.15 Å². The number of carbonyl (C=O) groups is 1. The van der Waals surface area contributed by atoms with E-state index in [0.717, 1.165) is 16.1 Å². The van der Waals surface area contributed by atoms with Crippen molar-refractivity contribution in [1.82, 2.24) is 0 Å². The predicted molar refractivity (Wildman–Crippen MR) is 118 cm³/mol. The van der Waals surface area contributed by atoms with Gasteiger partial charge in [0.25, 0.3) is 5.91 Å². The van der Waals surface area contributed by atoms with E-state index in [-0.39, 0.29) is 22.3 Å². The van der Waals surface area contributed by atoms with Crippen LogP contribution in [0.3, 0.4) is 0 Å². The summed E-state index contributed by atoms with van der Waals surface area (Å²) in [5.74, 6) is -0.371. The van der Waals surface area contributed by atoms with Crippen molar-refractivity contribution >= 4 is 38.5 Å². The first-order valence-electron chi connectivity index (χ1n) is 9.47. The highest BCUT2D eigenvalue weighted by molar-refractivity contribution is 9.10. The van der Waals surface area contributed by atoms with Crippen LogP contribution >= 0.6 is 15.9 Å². The van der Waals surface area contributed by atoms with E-state index in [9.17, 15) is 14.0 Å². The quantitative estimate of drug-likeness (QED) is 0.391. The van der Waals surface area contributed by atoms with Gasteiger partial charge in [0.1, 0.15) is 17.1 Å². The number of ether oxygens (including phenoxy) is 1. The van der Waals surface area contributed by atoms with Crippen molar-refractivity contribution in [3.63, 3.8) is 0 Å². The maximum atomic E-state index is 13.8. The second-order valence-corrected chi connectivity index (χ2v) is 8.06. The number of carbonyl (C=O) groups excluding carboxylic acids is 1. The van der Waals surface area contributed by atoms with Crippen LogP contribution in [-0.4, -0.2) is 13.0 Å². The highest BCUT2D eigenvalue weighted by atomic mass is 79.9. The van der Waals surface area contributed by atoms with Crippen molar-refractivity contribution < 1.29 is 18.3 Å². The molecule has 1 aromatic heterocycles. The first kappa shape index (κ1) is 19.5. The number of halogens is 2. The third-order valence-corrected chi connectivity index (χ3v) is 5.90. The van der Waals surface area contributed by atoms with Crippen LogP contribution in [0, 0.1) is 5.82 Å². The van der Waals surface area contributed by atoms with Crippen LogP contribution in [-0.2, 0) is 0 Å². The van der Waals surface area contributed by atoms with Gasteiger partial charge in [-0.25, -0.2) is 4.39 Å². The number of amides is 1. The molecule has 0 radical (unpaired) electrons. The molecule has 0 aliphatic carbocycles. The van der Waals surface area contributed by atoms with Gasteiger partial charge in [-0.15, -0.1) is 0 Å². The smallest absolute Gasteiger partial charge is 0.295 e. The first-order valence-corrected chi connectivity index (χ1v) is 10.3. The molecule has 3 aromatic carbocycles. The molecule has 7 heteroatoms. The summed E-state index contributed by atoms with van der Waals surface area (Å²) in [5, 5.41) is 0.102. The zero-order chi connectivity index (χ0) is 21.7. The van der Waals surface area contributed by atoms with Gasteiger partial charge in [0.15, 0.2) is 5.43 Å². The Morgan fingerprint density at radius 3 is 2.39 bits per heavy atom. The van der Waals surface area contributed by atoms with E-state index in [2.05, 4.69) is 15.9 Å². The summed E-state index contributed by atoms with van der Waals surface area (Å²) in [6.07, 6.45) is 0. The van der Waals surface area contributed by atoms with Crippen molar-refractivity contribution in [3.8, 4) is 5.75 Å². The van der Waals surface area contributed by atoms with E-state index in [1.165, 1.54) is 17.0 Å². The molecule has 5 rings (SSSR count). The van der Waals surface area contributed by atoms with Crippen LogP contribution in [0.4, 0.5) is 10.1 Å². The second kappa shape index (κ2) is 7.35. The highest BCUT2D eigenvalue weighted by Gasteiger charge is 2.43. The topological polar surface area (TPSA) is 59.8 Å². The summed E-state index contributed by atoms with van der Waals surface area (Å²) in [6, 6.07) is 17.3. The molecule has 0 spiro atoms. The number of rotatable bonds is 3. The summed E-state index contributed by atoms with van der Waals surface area (Å²) < 4.78 is 25.8. The van der Waals surface area contributed by atoms with Crippen molar-refractivity contribution in [1.29, 1.82) is 0 Å².